The van der Waals surface area contributed by atoms with E-state index in [2.05, 4.69) is 27.9 Å². The molecule has 2 fully saturated rings. The van der Waals surface area contributed by atoms with E-state index in [0.29, 0.717) is 11.1 Å². The number of aliphatic hydroxyl groups excluding tert-OH is 2. The minimum atomic E-state index is -2.27. The number of rotatable bonds is 5. The van der Waals surface area contributed by atoms with Crippen LogP contribution in [-0.4, -0.2) is 81.7 Å². The molecule has 2 saturated heterocycles. The third-order valence-corrected chi connectivity index (χ3v) is 7.13. The van der Waals surface area contributed by atoms with Crippen LogP contribution in [0.4, 0.5) is 0 Å². The third kappa shape index (κ3) is 5.75. The minimum Gasteiger partial charge on any atom is -0.479 e. The topological polar surface area (TPSA) is 145 Å². The van der Waals surface area contributed by atoms with Crippen LogP contribution < -0.4 is 0 Å². The number of esters is 1. The highest BCUT2D eigenvalue weighted by molar-refractivity contribution is 9.10. The molecule has 1 aromatic rings. The normalized spacial score (nSPS) is 26.9. The Bertz CT molecular complexity index is 819. The van der Waals surface area contributed by atoms with Crippen LogP contribution in [0.15, 0.2) is 22.7 Å². The van der Waals surface area contributed by atoms with Gasteiger partial charge in [0.15, 0.2) is 12.2 Å². The second-order valence-electron chi connectivity index (χ2n) is 7.59. The number of carboxylic acids is 2. The van der Waals surface area contributed by atoms with Gasteiger partial charge in [0.2, 0.25) is 0 Å². The van der Waals surface area contributed by atoms with Crippen LogP contribution in [0.25, 0.3) is 0 Å². The number of piperidine rings is 1. The highest BCUT2D eigenvalue weighted by Gasteiger charge is 2.49. The SMILES string of the molecule is COC(=O)[C@H]1[C@@H](c2ccc(Cl)c(Br)c2)C[C@@H]2CC[C@H]1N2C.O=C(O)C(O)C(O)C(=O)O. The number of aliphatic hydroxyl groups is 2. The Morgan fingerprint density at radius 3 is 2.23 bits per heavy atom. The van der Waals surface area contributed by atoms with Crippen LogP contribution >= 0.6 is 27.5 Å². The number of hydrogen-bond donors (Lipinski definition) is 4. The Labute approximate surface area is 192 Å². The van der Waals surface area contributed by atoms with Crippen molar-refractivity contribution in [2.45, 2.75) is 49.5 Å². The first-order valence-corrected chi connectivity index (χ1v) is 10.7. The predicted octanol–water partition coefficient (Wildman–Crippen LogP) is 1.72. The van der Waals surface area contributed by atoms with Gasteiger partial charge in [-0.05, 0) is 59.9 Å². The maximum atomic E-state index is 12.3. The zero-order valence-electron chi connectivity index (χ0n) is 16.9. The summed E-state index contributed by atoms with van der Waals surface area (Å²) in [7, 11) is 3.62. The van der Waals surface area contributed by atoms with Crippen LogP contribution in [-0.2, 0) is 19.1 Å². The van der Waals surface area contributed by atoms with Crippen molar-refractivity contribution in [2.24, 2.45) is 5.92 Å². The molecule has 0 radical (unpaired) electrons. The van der Waals surface area contributed by atoms with Crippen molar-refractivity contribution in [1.29, 1.82) is 0 Å². The van der Waals surface area contributed by atoms with Crippen LogP contribution in [0.1, 0.15) is 30.7 Å². The molecule has 2 heterocycles. The van der Waals surface area contributed by atoms with E-state index in [-0.39, 0.29) is 23.8 Å². The molecule has 172 valence electrons. The summed E-state index contributed by atoms with van der Waals surface area (Å²) in [5, 5.41) is 33.2. The number of methoxy groups -OCH3 is 1. The van der Waals surface area contributed by atoms with Gasteiger partial charge in [0.05, 0.1) is 18.1 Å². The highest BCUT2D eigenvalue weighted by atomic mass is 79.9. The van der Waals surface area contributed by atoms with Crippen molar-refractivity contribution < 1.29 is 39.5 Å². The van der Waals surface area contributed by atoms with Crippen LogP contribution in [0.5, 0.6) is 0 Å². The zero-order chi connectivity index (χ0) is 23.5. The van der Waals surface area contributed by atoms with E-state index in [1.807, 2.05) is 18.2 Å². The molecule has 0 saturated carbocycles. The Balaban J connectivity index is 0.000000291. The van der Waals surface area contributed by atoms with Gasteiger partial charge in [-0.15, -0.1) is 0 Å². The Hall–Kier alpha value is -1.72. The quantitative estimate of drug-likeness (QED) is 0.425. The summed E-state index contributed by atoms with van der Waals surface area (Å²) < 4.78 is 5.98. The van der Waals surface area contributed by atoms with E-state index < -0.39 is 24.1 Å². The number of ether oxygens (including phenoxy) is 1. The molecule has 0 aromatic heterocycles. The lowest BCUT2D eigenvalue weighted by molar-refractivity contribution is -0.165. The lowest BCUT2D eigenvalue weighted by Gasteiger charge is -2.41. The fraction of sp³-hybridized carbons (Fsp3) is 0.550. The molecule has 4 N–H and O–H groups in total. The van der Waals surface area contributed by atoms with Gasteiger partial charge in [0.25, 0.3) is 0 Å². The number of aliphatic carboxylic acids is 2. The van der Waals surface area contributed by atoms with Crippen molar-refractivity contribution in [3.05, 3.63) is 33.3 Å². The first-order valence-electron chi connectivity index (χ1n) is 9.56. The zero-order valence-corrected chi connectivity index (χ0v) is 19.3. The van der Waals surface area contributed by atoms with E-state index in [4.69, 9.17) is 36.8 Å². The van der Waals surface area contributed by atoms with Gasteiger partial charge >= 0.3 is 17.9 Å². The summed E-state index contributed by atoms with van der Waals surface area (Å²) in [5.41, 5.74) is 1.17. The average Bonchev–Trinajstić information content (AvgIpc) is 2.96. The van der Waals surface area contributed by atoms with Gasteiger partial charge in [-0.25, -0.2) is 9.59 Å². The molecule has 0 spiro atoms. The molecule has 2 bridgehead atoms. The molecule has 2 aliphatic heterocycles. The Kier molecular flexibility index (Phi) is 8.84. The van der Waals surface area contributed by atoms with Gasteiger partial charge in [0.1, 0.15) is 0 Å². The monoisotopic (exact) mass is 521 g/mol. The van der Waals surface area contributed by atoms with Crippen LogP contribution in [0.3, 0.4) is 0 Å². The van der Waals surface area contributed by atoms with E-state index in [1.54, 1.807) is 0 Å². The largest absolute Gasteiger partial charge is 0.479 e. The maximum Gasteiger partial charge on any atom is 0.335 e. The van der Waals surface area contributed by atoms with E-state index in [1.165, 1.54) is 19.1 Å². The summed E-state index contributed by atoms with van der Waals surface area (Å²) in [6.07, 6.45) is -1.29. The minimum absolute atomic E-state index is 0.0909. The second kappa shape index (κ2) is 10.7. The lowest BCUT2D eigenvalue weighted by Crippen LogP contribution is -2.49. The van der Waals surface area contributed by atoms with Crippen molar-refractivity contribution in [1.82, 2.24) is 4.90 Å². The Morgan fingerprint density at radius 1 is 1.16 bits per heavy atom. The average molecular weight is 523 g/mol. The molecule has 0 amide bonds. The van der Waals surface area contributed by atoms with E-state index in [0.717, 1.165) is 17.3 Å². The number of hydrogen-bond acceptors (Lipinski definition) is 7. The standard InChI is InChI=1S/C16H19BrClNO2.C4H6O6/c1-19-10-4-6-14(19)15(16(20)21-2)11(8-10)9-3-5-13(18)12(17)7-9;5-1(3(7)8)2(6)4(9)10/h3,5,7,10-11,14-15H,4,6,8H2,1-2H3;1-2,5-6H,(H,7,8)(H,9,10)/t10-,11+,14+,15-;/m0./s1. The summed E-state index contributed by atoms with van der Waals surface area (Å²) in [4.78, 5) is 34.3. The maximum absolute atomic E-state index is 12.3. The van der Waals surface area contributed by atoms with E-state index >= 15 is 0 Å². The van der Waals surface area contributed by atoms with Crippen LogP contribution in [0, 0.1) is 5.92 Å². The first kappa shape index (κ1) is 25.5. The number of fused-ring (bicyclic) bond motifs is 2. The summed E-state index contributed by atoms with van der Waals surface area (Å²) >= 11 is 9.58. The van der Waals surface area contributed by atoms with Crippen molar-refractivity contribution >= 4 is 45.4 Å². The molecule has 9 nitrogen and oxygen atoms in total. The van der Waals surface area contributed by atoms with Gasteiger partial charge in [-0.2, -0.15) is 0 Å². The number of carbonyl (C=O) groups is 3. The molecule has 2 unspecified atom stereocenters. The summed E-state index contributed by atoms with van der Waals surface area (Å²) in [5.74, 6) is -3.51. The van der Waals surface area contributed by atoms with Gasteiger partial charge in [0, 0.05) is 22.5 Å². The second-order valence-corrected chi connectivity index (χ2v) is 8.86. The Morgan fingerprint density at radius 2 is 1.74 bits per heavy atom. The molecule has 0 aliphatic carbocycles. The third-order valence-electron chi connectivity index (χ3n) is 5.92. The predicted molar refractivity (Wildman–Crippen MR) is 114 cm³/mol. The highest BCUT2D eigenvalue weighted by Crippen LogP contribution is 2.47. The van der Waals surface area contributed by atoms with Gasteiger partial charge < -0.3 is 25.2 Å². The number of nitrogens with zero attached hydrogens (tertiary/aromatic N) is 1. The summed E-state index contributed by atoms with van der Waals surface area (Å²) in [6.45, 7) is 0. The lowest BCUT2D eigenvalue weighted by atomic mass is 9.76. The fourth-order valence-electron chi connectivity index (χ4n) is 4.28. The number of benzene rings is 1. The molecular weight excluding hydrogens is 498 g/mol. The molecule has 1 aromatic carbocycles. The molecule has 6 atom stereocenters. The van der Waals surface area contributed by atoms with Crippen molar-refractivity contribution in [3.63, 3.8) is 0 Å². The number of carbonyl (C=O) groups excluding carboxylic acids is 1. The van der Waals surface area contributed by atoms with Crippen LogP contribution in [0.2, 0.25) is 5.02 Å². The van der Waals surface area contributed by atoms with Gasteiger partial charge in [-0.3, -0.25) is 9.69 Å². The van der Waals surface area contributed by atoms with E-state index in [9.17, 15) is 14.4 Å². The molecule has 11 heteroatoms. The fourth-order valence-corrected chi connectivity index (χ4v) is 4.79. The number of halogens is 2. The molecule has 3 rings (SSSR count). The molecule has 31 heavy (non-hydrogen) atoms. The first-order chi connectivity index (χ1) is 14.5. The van der Waals surface area contributed by atoms with Crippen molar-refractivity contribution in [3.8, 4) is 0 Å². The van der Waals surface area contributed by atoms with Crippen molar-refractivity contribution in [2.75, 3.05) is 14.2 Å². The molecule has 2 aliphatic rings. The summed E-state index contributed by atoms with van der Waals surface area (Å²) in [6, 6.07) is 6.84. The van der Waals surface area contributed by atoms with Gasteiger partial charge in [-0.1, -0.05) is 17.7 Å². The molecular formula is C20H25BrClNO8. The number of carboxylic acid groups (broad SMARTS) is 2. The smallest absolute Gasteiger partial charge is 0.335 e.